The molecule has 0 atom stereocenters. The average Bonchev–Trinajstić information content (AvgIpc) is 2.46. The molecule has 0 saturated carbocycles. The number of hydrogen-bond acceptors (Lipinski definition) is 4. The van der Waals surface area contributed by atoms with Crippen LogP contribution in [0.5, 0.6) is 0 Å². The van der Waals surface area contributed by atoms with E-state index in [0.717, 1.165) is 5.69 Å². The minimum Gasteiger partial charge on any atom is -0.351 e. The van der Waals surface area contributed by atoms with Crippen molar-refractivity contribution in [3.8, 4) is 0 Å². The lowest BCUT2D eigenvalue weighted by molar-refractivity contribution is -0.116. The highest BCUT2D eigenvalue weighted by atomic mass is 16.2. The van der Waals surface area contributed by atoms with Crippen LogP contribution >= 0.6 is 0 Å². The number of nitrogens with one attached hydrogen (secondary N) is 2. The molecule has 0 radical (unpaired) electrons. The molecule has 3 amide bonds. The van der Waals surface area contributed by atoms with Gasteiger partial charge in [0.2, 0.25) is 5.91 Å². The summed E-state index contributed by atoms with van der Waals surface area (Å²) in [5.41, 5.74) is 6.96. The second kappa shape index (κ2) is 6.99. The summed E-state index contributed by atoms with van der Waals surface area (Å²) in [6.45, 7) is 0. The summed E-state index contributed by atoms with van der Waals surface area (Å²) in [4.78, 5) is 30.5. The highest BCUT2D eigenvalue weighted by Gasteiger charge is 2.05. The van der Waals surface area contributed by atoms with Gasteiger partial charge in [-0.1, -0.05) is 6.07 Å². The predicted molar refractivity (Wildman–Crippen MR) is 78.6 cm³/mol. The predicted octanol–water partition coefficient (Wildman–Crippen LogP) is 1.54. The number of carbonyl (C=O) groups is 2. The van der Waals surface area contributed by atoms with Gasteiger partial charge in [-0.15, -0.1) is 0 Å². The fourth-order valence-corrected chi connectivity index (χ4v) is 1.75. The van der Waals surface area contributed by atoms with Crippen LogP contribution < -0.4 is 16.4 Å². The zero-order valence-electron chi connectivity index (χ0n) is 11.2. The Kier molecular flexibility index (Phi) is 4.81. The minimum atomic E-state index is -0.651. The number of primary amides is 1. The Balaban J connectivity index is 1.89. The molecule has 7 nitrogen and oxygen atoms in total. The van der Waals surface area contributed by atoms with E-state index in [0.29, 0.717) is 24.2 Å². The Morgan fingerprint density at radius 2 is 1.90 bits per heavy atom. The zero-order chi connectivity index (χ0) is 15.1. The summed E-state index contributed by atoms with van der Waals surface area (Å²) >= 11 is 0. The Bertz CT molecular complexity index is 630. The van der Waals surface area contributed by atoms with Crippen molar-refractivity contribution >= 4 is 23.3 Å². The van der Waals surface area contributed by atoms with Gasteiger partial charge in [-0.2, -0.15) is 0 Å². The molecule has 0 fully saturated rings. The number of benzene rings is 1. The topological polar surface area (TPSA) is 110 Å². The molecule has 0 bridgehead atoms. The maximum Gasteiger partial charge on any atom is 0.316 e. The molecule has 7 heteroatoms. The number of nitrogens with two attached hydrogens (primary N) is 1. The molecule has 1 aromatic carbocycles. The van der Waals surface area contributed by atoms with E-state index >= 15 is 0 Å². The molecule has 0 unspecified atom stereocenters. The van der Waals surface area contributed by atoms with Crippen LogP contribution in [0.25, 0.3) is 0 Å². The molecule has 4 N–H and O–H groups in total. The van der Waals surface area contributed by atoms with Gasteiger partial charge in [-0.25, -0.2) is 14.8 Å². The van der Waals surface area contributed by atoms with Crippen LogP contribution in [0, 0.1) is 0 Å². The van der Waals surface area contributed by atoms with Gasteiger partial charge >= 0.3 is 6.03 Å². The number of hydrogen-bond donors (Lipinski definition) is 3. The number of nitrogens with zero attached hydrogens (tertiary/aromatic N) is 2. The van der Waals surface area contributed by atoms with Gasteiger partial charge in [0.15, 0.2) is 0 Å². The SMILES string of the molecule is NC(=O)Nc1cccc(NC(=O)CCc2ccncn2)c1. The van der Waals surface area contributed by atoms with Crippen molar-refractivity contribution in [1.82, 2.24) is 9.97 Å². The first kappa shape index (κ1) is 14.4. The second-order valence-electron chi connectivity index (χ2n) is 4.32. The third kappa shape index (κ3) is 4.90. The van der Waals surface area contributed by atoms with E-state index in [1.165, 1.54) is 6.33 Å². The van der Waals surface area contributed by atoms with Crippen molar-refractivity contribution < 1.29 is 9.59 Å². The van der Waals surface area contributed by atoms with E-state index < -0.39 is 6.03 Å². The number of anilines is 2. The monoisotopic (exact) mass is 285 g/mol. The number of rotatable bonds is 5. The number of aromatic nitrogens is 2. The summed E-state index contributed by atoms with van der Waals surface area (Å²) in [7, 11) is 0. The van der Waals surface area contributed by atoms with E-state index in [9.17, 15) is 9.59 Å². The van der Waals surface area contributed by atoms with Crippen molar-refractivity contribution in [1.29, 1.82) is 0 Å². The smallest absolute Gasteiger partial charge is 0.316 e. The lowest BCUT2D eigenvalue weighted by Gasteiger charge is -2.07. The fraction of sp³-hybridized carbons (Fsp3) is 0.143. The summed E-state index contributed by atoms with van der Waals surface area (Å²) in [5, 5.41) is 5.20. The van der Waals surface area contributed by atoms with Crippen LogP contribution in [-0.2, 0) is 11.2 Å². The van der Waals surface area contributed by atoms with Crippen LogP contribution in [0.1, 0.15) is 12.1 Å². The van der Waals surface area contributed by atoms with E-state index in [1.807, 2.05) is 0 Å². The van der Waals surface area contributed by atoms with E-state index in [1.54, 1.807) is 36.5 Å². The third-order valence-electron chi connectivity index (χ3n) is 2.67. The summed E-state index contributed by atoms with van der Waals surface area (Å²) in [5.74, 6) is -0.134. The maximum atomic E-state index is 11.9. The van der Waals surface area contributed by atoms with Crippen LogP contribution in [0.2, 0.25) is 0 Å². The molecule has 1 heterocycles. The largest absolute Gasteiger partial charge is 0.351 e. The molecule has 0 saturated heterocycles. The number of amides is 3. The van der Waals surface area contributed by atoms with E-state index in [2.05, 4.69) is 20.6 Å². The lowest BCUT2D eigenvalue weighted by Crippen LogP contribution is -2.19. The summed E-state index contributed by atoms with van der Waals surface area (Å²) < 4.78 is 0. The molecular formula is C14H15N5O2. The molecule has 2 aromatic rings. The molecule has 0 aliphatic rings. The number of aryl methyl sites for hydroxylation is 1. The highest BCUT2D eigenvalue weighted by molar-refractivity contribution is 5.93. The number of carbonyl (C=O) groups excluding carboxylic acids is 2. The molecule has 2 rings (SSSR count). The fourth-order valence-electron chi connectivity index (χ4n) is 1.75. The van der Waals surface area contributed by atoms with Gasteiger partial charge in [-0.3, -0.25) is 4.79 Å². The van der Waals surface area contributed by atoms with Crippen LogP contribution in [0.15, 0.2) is 42.9 Å². The maximum absolute atomic E-state index is 11.9. The Morgan fingerprint density at radius 1 is 1.14 bits per heavy atom. The Morgan fingerprint density at radius 3 is 2.57 bits per heavy atom. The zero-order valence-corrected chi connectivity index (χ0v) is 11.2. The highest BCUT2D eigenvalue weighted by Crippen LogP contribution is 2.15. The van der Waals surface area contributed by atoms with E-state index in [-0.39, 0.29) is 5.91 Å². The van der Waals surface area contributed by atoms with Gasteiger partial charge in [0, 0.05) is 29.7 Å². The van der Waals surface area contributed by atoms with E-state index in [4.69, 9.17) is 5.73 Å². The second-order valence-corrected chi connectivity index (χ2v) is 4.32. The van der Waals surface area contributed by atoms with Gasteiger partial charge in [-0.05, 0) is 30.7 Å². The Hall–Kier alpha value is -2.96. The number of urea groups is 1. The molecule has 1 aromatic heterocycles. The van der Waals surface area contributed by atoms with Gasteiger partial charge in [0.25, 0.3) is 0 Å². The van der Waals surface area contributed by atoms with Gasteiger partial charge in [0.05, 0.1) is 0 Å². The molecular weight excluding hydrogens is 270 g/mol. The van der Waals surface area contributed by atoms with Crippen molar-refractivity contribution in [2.45, 2.75) is 12.8 Å². The third-order valence-corrected chi connectivity index (χ3v) is 2.67. The first-order valence-electron chi connectivity index (χ1n) is 6.35. The molecule has 0 aliphatic heterocycles. The molecule has 0 spiro atoms. The molecule has 21 heavy (non-hydrogen) atoms. The van der Waals surface area contributed by atoms with Crippen molar-refractivity contribution in [2.24, 2.45) is 5.73 Å². The van der Waals surface area contributed by atoms with Gasteiger partial charge < -0.3 is 16.4 Å². The normalized spacial score (nSPS) is 9.90. The van der Waals surface area contributed by atoms with Crippen molar-refractivity contribution in [3.63, 3.8) is 0 Å². The lowest BCUT2D eigenvalue weighted by atomic mass is 10.2. The standard InChI is InChI=1S/C14H15N5O2/c15-14(21)19-12-3-1-2-11(8-12)18-13(20)5-4-10-6-7-16-9-17-10/h1-3,6-9H,4-5H2,(H,18,20)(H3,15,19,21). The van der Waals surface area contributed by atoms with Crippen molar-refractivity contribution in [3.05, 3.63) is 48.5 Å². The van der Waals surface area contributed by atoms with Crippen LogP contribution in [-0.4, -0.2) is 21.9 Å². The summed E-state index contributed by atoms with van der Waals surface area (Å²) in [6, 6.07) is 7.88. The van der Waals surface area contributed by atoms with Crippen LogP contribution in [0.3, 0.4) is 0 Å². The summed E-state index contributed by atoms with van der Waals surface area (Å²) in [6.07, 6.45) is 3.93. The Labute approximate surface area is 121 Å². The first-order valence-corrected chi connectivity index (χ1v) is 6.35. The van der Waals surface area contributed by atoms with Crippen molar-refractivity contribution in [2.75, 3.05) is 10.6 Å². The molecule has 0 aliphatic carbocycles. The van der Waals surface area contributed by atoms with Gasteiger partial charge in [0.1, 0.15) is 6.33 Å². The average molecular weight is 285 g/mol. The minimum absolute atomic E-state index is 0.134. The quantitative estimate of drug-likeness (QED) is 0.773. The molecule has 108 valence electrons. The van der Waals surface area contributed by atoms with Crippen LogP contribution in [0.4, 0.5) is 16.2 Å². The first-order chi connectivity index (χ1) is 10.1.